The Hall–Kier alpha value is -2.80. The fourth-order valence-corrected chi connectivity index (χ4v) is 5.61. The van der Waals surface area contributed by atoms with Crippen molar-refractivity contribution in [2.75, 3.05) is 13.3 Å². The molecule has 0 bridgehead atoms. The van der Waals surface area contributed by atoms with Crippen molar-refractivity contribution >= 4 is 23.6 Å². The number of hydrogen-bond donors (Lipinski definition) is 1. The Morgan fingerprint density at radius 1 is 1.22 bits per heavy atom. The van der Waals surface area contributed by atoms with E-state index in [9.17, 15) is 9.90 Å². The van der Waals surface area contributed by atoms with Gasteiger partial charge in [-0.1, -0.05) is 41.4 Å². The molecule has 7 heteroatoms. The van der Waals surface area contributed by atoms with E-state index < -0.39 is 18.2 Å². The molecule has 2 aromatic carbocycles. The topological polar surface area (TPSA) is 68.2 Å². The van der Waals surface area contributed by atoms with Crippen molar-refractivity contribution in [1.82, 2.24) is 4.90 Å². The van der Waals surface area contributed by atoms with Gasteiger partial charge in [0.25, 0.3) is 0 Å². The Bertz CT molecular complexity index is 1160. The Morgan fingerprint density at radius 2 is 2.03 bits per heavy atom. The van der Waals surface area contributed by atoms with Crippen LogP contribution in [0.2, 0.25) is 5.02 Å². The zero-order valence-corrected chi connectivity index (χ0v) is 18.0. The van der Waals surface area contributed by atoms with Gasteiger partial charge in [-0.25, -0.2) is 4.79 Å². The normalized spacial score (nSPS) is 27.8. The van der Waals surface area contributed by atoms with Crippen LogP contribution in [0.1, 0.15) is 29.0 Å². The number of aliphatic hydroxyl groups excluding tert-OH is 1. The molecule has 3 unspecified atom stereocenters. The van der Waals surface area contributed by atoms with E-state index >= 15 is 0 Å². The molecule has 0 amide bonds. The summed E-state index contributed by atoms with van der Waals surface area (Å²) >= 11 is 6.18. The molecule has 1 aliphatic carbocycles. The van der Waals surface area contributed by atoms with E-state index in [2.05, 4.69) is 4.90 Å². The van der Waals surface area contributed by atoms with Crippen molar-refractivity contribution in [2.45, 2.75) is 37.1 Å². The highest BCUT2D eigenvalue weighted by Gasteiger charge is 2.50. The molecule has 4 aliphatic rings. The maximum absolute atomic E-state index is 12.8. The number of esters is 1. The third-order valence-corrected chi connectivity index (χ3v) is 7.14. The van der Waals surface area contributed by atoms with Crippen LogP contribution in [-0.2, 0) is 16.1 Å². The fourth-order valence-electron chi connectivity index (χ4n) is 5.41. The first-order chi connectivity index (χ1) is 15.6. The van der Waals surface area contributed by atoms with Crippen molar-refractivity contribution in [3.8, 4) is 11.5 Å². The summed E-state index contributed by atoms with van der Waals surface area (Å²) in [6.07, 6.45) is 4.20. The van der Waals surface area contributed by atoms with Crippen molar-refractivity contribution in [2.24, 2.45) is 0 Å². The molecule has 0 spiro atoms. The highest BCUT2D eigenvalue weighted by Crippen LogP contribution is 2.50. The second-order valence-corrected chi connectivity index (χ2v) is 8.99. The van der Waals surface area contributed by atoms with Crippen molar-refractivity contribution in [3.63, 3.8) is 0 Å². The second-order valence-electron chi connectivity index (χ2n) is 8.58. The molecular weight excluding hydrogens is 430 g/mol. The molecule has 6 rings (SSSR count). The molecule has 2 aromatic rings. The summed E-state index contributed by atoms with van der Waals surface area (Å²) in [7, 11) is 0. The van der Waals surface area contributed by atoms with Crippen LogP contribution in [0.15, 0.2) is 54.1 Å². The van der Waals surface area contributed by atoms with Gasteiger partial charge >= 0.3 is 5.97 Å². The number of carbonyl (C=O) groups excluding carboxylic acids is 1. The summed E-state index contributed by atoms with van der Waals surface area (Å²) in [5.41, 5.74) is 4.12. The first-order valence-electron chi connectivity index (χ1n) is 10.8. The lowest BCUT2D eigenvalue weighted by Gasteiger charge is -2.45. The van der Waals surface area contributed by atoms with E-state index in [1.165, 1.54) is 11.6 Å². The van der Waals surface area contributed by atoms with Gasteiger partial charge in [0.2, 0.25) is 6.79 Å². The first-order valence-corrected chi connectivity index (χ1v) is 11.1. The van der Waals surface area contributed by atoms with Gasteiger partial charge < -0.3 is 19.3 Å². The van der Waals surface area contributed by atoms with E-state index in [-0.39, 0.29) is 18.8 Å². The molecule has 32 heavy (non-hydrogen) atoms. The Labute approximate surface area is 190 Å². The number of rotatable bonds is 3. The molecule has 0 saturated carbocycles. The first kappa shape index (κ1) is 19.9. The van der Waals surface area contributed by atoms with Crippen LogP contribution >= 0.6 is 11.6 Å². The van der Waals surface area contributed by atoms with Gasteiger partial charge in [-0.05, 0) is 47.4 Å². The summed E-state index contributed by atoms with van der Waals surface area (Å²) in [6.45, 7) is 1.92. The standard InChI is InChI=1S/C25H22ClNO5/c26-18-4-2-1-3-14(18)5-6-22(29)32-25-19(28)9-15-7-8-27-12-16-10-20-21(31-13-30-20)11-17(16)23(25)24(15)27/h1-6,9-11,19,23-25,28H,7-8,12-13H2/b6-5+/t19?,23?,24?,25-/m1/s1. The highest BCUT2D eigenvalue weighted by atomic mass is 35.5. The van der Waals surface area contributed by atoms with E-state index in [0.717, 1.165) is 42.0 Å². The largest absolute Gasteiger partial charge is 0.455 e. The monoisotopic (exact) mass is 451 g/mol. The van der Waals surface area contributed by atoms with Crippen LogP contribution in [0.25, 0.3) is 6.08 Å². The van der Waals surface area contributed by atoms with Gasteiger partial charge in [-0.3, -0.25) is 4.90 Å². The van der Waals surface area contributed by atoms with Gasteiger partial charge in [0.05, 0.1) is 0 Å². The molecule has 0 radical (unpaired) electrons. The van der Waals surface area contributed by atoms with Crippen molar-refractivity contribution in [3.05, 3.63) is 75.8 Å². The maximum atomic E-state index is 12.8. The highest BCUT2D eigenvalue weighted by molar-refractivity contribution is 6.32. The van der Waals surface area contributed by atoms with E-state index in [1.807, 2.05) is 36.4 Å². The third-order valence-electron chi connectivity index (χ3n) is 6.80. The predicted molar refractivity (Wildman–Crippen MR) is 119 cm³/mol. The fraction of sp³-hybridized carbons (Fsp3) is 0.320. The zero-order chi connectivity index (χ0) is 21.8. The molecule has 1 fully saturated rings. The summed E-state index contributed by atoms with van der Waals surface area (Å²) in [6, 6.07) is 11.4. The van der Waals surface area contributed by atoms with Gasteiger partial charge in [-0.2, -0.15) is 0 Å². The second kappa shape index (κ2) is 7.66. The third kappa shape index (κ3) is 3.22. The summed E-state index contributed by atoms with van der Waals surface area (Å²) in [5.74, 6) is 0.751. The number of nitrogens with zero attached hydrogens (tertiary/aromatic N) is 1. The lowest BCUT2D eigenvalue weighted by molar-refractivity contribution is -0.150. The van der Waals surface area contributed by atoms with Gasteiger partial charge in [0, 0.05) is 36.1 Å². The molecule has 1 saturated heterocycles. The summed E-state index contributed by atoms with van der Waals surface area (Å²) in [4.78, 5) is 15.1. The molecular formula is C25H22ClNO5. The number of aliphatic hydroxyl groups is 1. The number of ether oxygens (including phenoxy) is 3. The Morgan fingerprint density at radius 3 is 2.88 bits per heavy atom. The lowest BCUT2D eigenvalue weighted by Crippen LogP contribution is -2.51. The number of benzene rings is 2. The van der Waals surface area contributed by atoms with Crippen molar-refractivity contribution < 1.29 is 24.1 Å². The molecule has 164 valence electrons. The average molecular weight is 452 g/mol. The molecule has 3 heterocycles. The van der Waals surface area contributed by atoms with Crippen LogP contribution in [0, 0.1) is 0 Å². The summed E-state index contributed by atoms with van der Waals surface area (Å²) < 4.78 is 17.1. The van der Waals surface area contributed by atoms with E-state index in [0.29, 0.717) is 10.8 Å². The number of halogens is 1. The van der Waals surface area contributed by atoms with Crippen LogP contribution in [0.5, 0.6) is 11.5 Å². The number of fused-ring (bicyclic) bond motifs is 3. The smallest absolute Gasteiger partial charge is 0.331 e. The lowest BCUT2D eigenvalue weighted by atomic mass is 9.73. The minimum atomic E-state index is -0.875. The molecule has 3 aliphatic heterocycles. The van der Waals surface area contributed by atoms with Gasteiger partial charge in [0.15, 0.2) is 11.5 Å². The quantitative estimate of drug-likeness (QED) is 0.436. The SMILES string of the molecule is O=C(/C=C/c1ccccc1Cl)O[C@@H]1C(O)C=C2CCN3Cc4cc5c(cc4C1C23)OCO5. The molecule has 0 aromatic heterocycles. The van der Waals surface area contributed by atoms with Crippen LogP contribution in [-0.4, -0.2) is 47.6 Å². The predicted octanol–water partition coefficient (Wildman–Crippen LogP) is 3.67. The average Bonchev–Trinajstić information content (AvgIpc) is 3.40. The van der Waals surface area contributed by atoms with E-state index in [1.54, 1.807) is 12.1 Å². The minimum absolute atomic E-state index is 0.108. The zero-order valence-electron chi connectivity index (χ0n) is 17.2. The maximum Gasteiger partial charge on any atom is 0.331 e. The van der Waals surface area contributed by atoms with Crippen LogP contribution < -0.4 is 9.47 Å². The van der Waals surface area contributed by atoms with Crippen LogP contribution in [0.3, 0.4) is 0 Å². The summed E-state index contributed by atoms with van der Waals surface area (Å²) in [5, 5.41) is 11.5. The Balaban J connectivity index is 1.34. The number of carbonyl (C=O) groups is 1. The minimum Gasteiger partial charge on any atom is -0.455 e. The van der Waals surface area contributed by atoms with Crippen molar-refractivity contribution in [1.29, 1.82) is 0 Å². The van der Waals surface area contributed by atoms with Gasteiger partial charge in [0.1, 0.15) is 12.2 Å². The van der Waals surface area contributed by atoms with Crippen LogP contribution in [0.4, 0.5) is 0 Å². The molecule has 4 atom stereocenters. The van der Waals surface area contributed by atoms with E-state index in [4.69, 9.17) is 25.8 Å². The Kier molecular flexibility index (Phi) is 4.75. The molecule has 1 N–H and O–H groups in total. The number of hydrogen-bond acceptors (Lipinski definition) is 6. The van der Waals surface area contributed by atoms with Gasteiger partial charge in [-0.15, -0.1) is 0 Å². The molecule has 6 nitrogen and oxygen atoms in total.